The third-order valence-corrected chi connectivity index (χ3v) is 5.10. The van der Waals surface area contributed by atoms with Gasteiger partial charge in [0.05, 0.1) is 25.7 Å². The Hall–Kier alpha value is -3.38. The molecule has 0 atom stereocenters. The molecular weight excluding hydrogens is 422 g/mol. The number of nitrogens with zero attached hydrogens (tertiary/aromatic N) is 3. The third kappa shape index (κ3) is 5.15. The molecule has 0 radical (unpaired) electrons. The number of methoxy groups -OCH3 is 2. The molecule has 0 fully saturated rings. The minimum absolute atomic E-state index is 0.0226. The number of hydrogen-bond acceptors (Lipinski definition) is 8. The zero-order chi connectivity index (χ0) is 21.7. The van der Waals surface area contributed by atoms with E-state index in [4.69, 9.17) is 14.2 Å². The van der Waals surface area contributed by atoms with Crippen molar-refractivity contribution in [3.8, 4) is 23.5 Å². The van der Waals surface area contributed by atoms with E-state index in [2.05, 4.69) is 19.7 Å². The summed E-state index contributed by atoms with van der Waals surface area (Å²) < 4.78 is 69.1. The van der Waals surface area contributed by atoms with Gasteiger partial charge in [0, 0.05) is 6.07 Å². The van der Waals surface area contributed by atoms with Crippen molar-refractivity contribution in [1.29, 1.82) is 0 Å². The number of aromatic nitrogens is 3. The molecule has 0 spiro atoms. The molecule has 3 rings (SSSR count). The maximum absolute atomic E-state index is 13.7. The first-order chi connectivity index (χ1) is 14.3. The van der Waals surface area contributed by atoms with Crippen LogP contribution in [0.5, 0.6) is 23.5 Å². The number of hydrogen-bond donors (Lipinski definition) is 1. The Labute approximate surface area is 170 Å². The molecule has 0 saturated heterocycles. The summed E-state index contributed by atoms with van der Waals surface area (Å²) in [5, 5.41) is 0. The lowest BCUT2D eigenvalue weighted by Crippen LogP contribution is -2.24. The Morgan fingerprint density at radius 1 is 0.933 bits per heavy atom. The van der Waals surface area contributed by atoms with Gasteiger partial charge in [0.15, 0.2) is 17.4 Å². The Morgan fingerprint density at radius 2 is 1.57 bits per heavy atom. The fraction of sp³-hybridized carbons (Fsp3) is 0.167. The van der Waals surface area contributed by atoms with E-state index in [1.807, 2.05) is 0 Å². The molecule has 1 heterocycles. The highest BCUT2D eigenvalue weighted by atomic mass is 32.2. The summed E-state index contributed by atoms with van der Waals surface area (Å²) >= 11 is 0. The summed E-state index contributed by atoms with van der Waals surface area (Å²) in [6, 6.07) is 8.04. The highest BCUT2D eigenvalue weighted by Gasteiger charge is 2.16. The number of rotatable bonds is 8. The first-order valence-corrected chi connectivity index (χ1v) is 9.84. The van der Waals surface area contributed by atoms with Crippen LogP contribution < -0.4 is 18.9 Å². The molecule has 12 heteroatoms. The summed E-state index contributed by atoms with van der Waals surface area (Å²) in [6.07, 6.45) is 0. The minimum atomic E-state index is -3.91. The molecule has 0 aliphatic rings. The number of nitrogens with one attached hydrogen (secondary N) is 1. The first kappa shape index (κ1) is 21.3. The number of benzene rings is 2. The first-order valence-electron chi connectivity index (χ1n) is 8.36. The zero-order valence-electron chi connectivity index (χ0n) is 15.8. The van der Waals surface area contributed by atoms with Crippen LogP contribution in [0.2, 0.25) is 0 Å². The van der Waals surface area contributed by atoms with Crippen molar-refractivity contribution in [2.24, 2.45) is 0 Å². The summed E-state index contributed by atoms with van der Waals surface area (Å²) in [4.78, 5) is 11.6. The number of sulfonamides is 1. The summed E-state index contributed by atoms with van der Waals surface area (Å²) in [5.41, 5.74) is 0. The lowest BCUT2D eigenvalue weighted by molar-refractivity contribution is 0.336. The van der Waals surface area contributed by atoms with Gasteiger partial charge in [-0.3, -0.25) is 0 Å². The average Bonchev–Trinajstić information content (AvgIpc) is 2.74. The third-order valence-electron chi connectivity index (χ3n) is 3.68. The Morgan fingerprint density at radius 3 is 2.13 bits per heavy atom. The van der Waals surface area contributed by atoms with Gasteiger partial charge in [0.2, 0.25) is 10.0 Å². The van der Waals surface area contributed by atoms with E-state index in [1.54, 1.807) is 0 Å². The van der Waals surface area contributed by atoms with E-state index in [9.17, 15) is 17.2 Å². The maximum Gasteiger partial charge on any atom is 0.322 e. The van der Waals surface area contributed by atoms with Crippen molar-refractivity contribution in [3.63, 3.8) is 0 Å². The average molecular weight is 438 g/mol. The van der Waals surface area contributed by atoms with Gasteiger partial charge in [-0.1, -0.05) is 0 Å². The van der Waals surface area contributed by atoms with Crippen LogP contribution in [0.4, 0.5) is 8.78 Å². The standard InChI is InChI=1S/C18H16F2N4O5S/c1-27-17-22-16(23-18(24-17)28-2)10-21-30(25,26)13-6-4-12(5-7-13)29-15-8-3-11(19)9-14(15)20/h3-9,21H,10H2,1-2H3. The molecule has 2 aromatic carbocycles. The van der Waals surface area contributed by atoms with Gasteiger partial charge in [-0.05, 0) is 36.4 Å². The summed E-state index contributed by atoms with van der Waals surface area (Å²) in [5.74, 6) is -1.54. The molecule has 158 valence electrons. The maximum atomic E-state index is 13.7. The molecule has 3 aromatic rings. The van der Waals surface area contributed by atoms with Crippen LogP contribution in [0, 0.1) is 11.6 Å². The fourth-order valence-electron chi connectivity index (χ4n) is 2.25. The van der Waals surface area contributed by atoms with Crippen molar-refractivity contribution in [2.45, 2.75) is 11.4 Å². The quantitative estimate of drug-likeness (QED) is 0.571. The molecule has 0 saturated carbocycles. The second-order valence-electron chi connectivity index (χ2n) is 5.70. The highest BCUT2D eigenvalue weighted by Crippen LogP contribution is 2.26. The highest BCUT2D eigenvalue weighted by molar-refractivity contribution is 7.89. The normalized spacial score (nSPS) is 11.2. The molecular formula is C18H16F2N4O5S. The van der Waals surface area contributed by atoms with Crippen LogP contribution in [-0.4, -0.2) is 37.6 Å². The molecule has 0 unspecified atom stereocenters. The second-order valence-corrected chi connectivity index (χ2v) is 7.46. The van der Waals surface area contributed by atoms with Gasteiger partial charge >= 0.3 is 12.0 Å². The van der Waals surface area contributed by atoms with E-state index in [0.717, 1.165) is 12.1 Å². The van der Waals surface area contributed by atoms with Crippen LogP contribution in [0.1, 0.15) is 5.82 Å². The van der Waals surface area contributed by atoms with E-state index in [0.29, 0.717) is 6.07 Å². The topological polar surface area (TPSA) is 113 Å². The SMILES string of the molecule is COc1nc(CNS(=O)(=O)c2ccc(Oc3ccc(F)cc3F)cc2)nc(OC)n1. The minimum Gasteiger partial charge on any atom is -0.467 e. The van der Waals surface area contributed by atoms with Gasteiger partial charge < -0.3 is 14.2 Å². The van der Waals surface area contributed by atoms with E-state index >= 15 is 0 Å². The Bertz CT molecular complexity index is 1120. The van der Waals surface area contributed by atoms with Crippen LogP contribution >= 0.6 is 0 Å². The lowest BCUT2D eigenvalue weighted by Gasteiger charge is -2.09. The molecule has 9 nitrogen and oxygen atoms in total. The Balaban J connectivity index is 1.70. The van der Waals surface area contributed by atoms with Crippen LogP contribution in [-0.2, 0) is 16.6 Å². The molecule has 1 N–H and O–H groups in total. The molecule has 1 aromatic heterocycles. The van der Waals surface area contributed by atoms with Crippen molar-refractivity contribution < 1.29 is 31.4 Å². The van der Waals surface area contributed by atoms with Crippen LogP contribution in [0.15, 0.2) is 47.4 Å². The molecule has 30 heavy (non-hydrogen) atoms. The zero-order valence-corrected chi connectivity index (χ0v) is 16.6. The predicted octanol–water partition coefficient (Wildman–Crippen LogP) is 2.44. The van der Waals surface area contributed by atoms with E-state index in [1.165, 1.54) is 38.5 Å². The van der Waals surface area contributed by atoms with Crippen LogP contribution in [0.25, 0.3) is 0 Å². The molecule has 0 bridgehead atoms. The summed E-state index contributed by atoms with van der Waals surface area (Å²) in [7, 11) is -1.21. The largest absolute Gasteiger partial charge is 0.467 e. The monoisotopic (exact) mass is 438 g/mol. The van der Waals surface area contributed by atoms with Crippen molar-refractivity contribution in [1.82, 2.24) is 19.7 Å². The summed E-state index contributed by atoms with van der Waals surface area (Å²) in [6.45, 7) is -0.239. The van der Waals surface area contributed by atoms with Gasteiger partial charge in [-0.15, -0.1) is 4.98 Å². The van der Waals surface area contributed by atoms with Gasteiger partial charge in [0.25, 0.3) is 0 Å². The van der Waals surface area contributed by atoms with Gasteiger partial charge in [-0.25, -0.2) is 21.9 Å². The molecule has 0 amide bonds. The van der Waals surface area contributed by atoms with E-state index in [-0.39, 0.29) is 40.8 Å². The second kappa shape index (κ2) is 8.97. The van der Waals surface area contributed by atoms with Crippen molar-refractivity contribution in [2.75, 3.05) is 14.2 Å². The van der Waals surface area contributed by atoms with Crippen LogP contribution in [0.3, 0.4) is 0 Å². The number of ether oxygens (including phenoxy) is 3. The lowest BCUT2D eigenvalue weighted by atomic mass is 10.3. The molecule has 0 aliphatic carbocycles. The predicted molar refractivity (Wildman–Crippen MR) is 99.8 cm³/mol. The van der Waals surface area contributed by atoms with Gasteiger partial charge in [-0.2, -0.15) is 9.97 Å². The fourth-order valence-corrected chi connectivity index (χ4v) is 3.23. The van der Waals surface area contributed by atoms with E-state index < -0.39 is 21.7 Å². The van der Waals surface area contributed by atoms with Gasteiger partial charge in [0.1, 0.15) is 11.6 Å². The number of halogens is 2. The van der Waals surface area contributed by atoms with Crippen molar-refractivity contribution in [3.05, 3.63) is 59.9 Å². The van der Waals surface area contributed by atoms with Crippen molar-refractivity contribution >= 4 is 10.0 Å². The molecule has 0 aliphatic heterocycles. The smallest absolute Gasteiger partial charge is 0.322 e. The Kier molecular flexibility index (Phi) is 6.37.